The third-order valence-electron chi connectivity index (χ3n) is 3.69. The van der Waals surface area contributed by atoms with E-state index in [2.05, 4.69) is 10.4 Å². The Kier molecular flexibility index (Phi) is 5.85. The largest absolute Gasteiger partial charge is 0.486 e. The Morgan fingerprint density at radius 1 is 1.23 bits per heavy atom. The van der Waals surface area contributed by atoms with E-state index in [1.54, 1.807) is 47.3 Å². The highest BCUT2D eigenvalue weighted by atomic mass is 35.5. The number of rotatable bonds is 7. The molecule has 0 radical (unpaired) electrons. The monoisotopic (exact) mass is 393 g/mol. The molecule has 3 aromatic rings. The molecule has 136 valence electrons. The number of furan rings is 1. The molecular formula is C18H17Cl2N3O3. The standard InChI is InChI=1S/C18H17Cl2N3O3/c1-2-23-16(15(20)9-22-23)10-21-18(24)17-8-7-14(26-17)11-25-13-5-3-12(19)4-6-13/h3-9H,2,10-11H2,1H3,(H,21,24). The lowest BCUT2D eigenvalue weighted by Crippen LogP contribution is -2.24. The molecule has 0 aliphatic heterocycles. The number of halogens is 2. The molecule has 6 nitrogen and oxygen atoms in total. The van der Waals surface area contributed by atoms with E-state index < -0.39 is 0 Å². The summed E-state index contributed by atoms with van der Waals surface area (Å²) in [7, 11) is 0. The predicted octanol–water partition coefficient (Wildman–Crippen LogP) is 4.31. The van der Waals surface area contributed by atoms with Gasteiger partial charge in [-0.2, -0.15) is 5.10 Å². The molecule has 2 aromatic heterocycles. The van der Waals surface area contributed by atoms with Crippen LogP contribution < -0.4 is 10.1 Å². The van der Waals surface area contributed by atoms with Crippen molar-refractivity contribution in [3.05, 3.63) is 69.9 Å². The van der Waals surface area contributed by atoms with Gasteiger partial charge in [0.15, 0.2) is 5.76 Å². The van der Waals surface area contributed by atoms with Crippen LogP contribution in [0.15, 0.2) is 47.0 Å². The number of nitrogens with one attached hydrogen (secondary N) is 1. The quantitative estimate of drug-likeness (QED) is 0.648. The molecule has 8 heteroatoms. The van der Waals surface area contributed by atoms with E-state index in [-0.39, 0.29) is 24.8 Å². The third kappa shape index (κ3) is 4.39. The second kappa shape index (κ2) is 8.29. The average molecular weight is 394 g/mol. The molecule has 1 amide bonds. The van der Waals surface area contributed by atoms with Gasteiger partial charge in [-0.3, -0.25) is 9.48 Å². The van der Waals surface area contributed by atoms with Gasteiger partial charge in [0, 0.05) is 11.6 Å². The zero-order chi connectivity index (χ0) is 18.5. The lowest BCUT2D eigenvalue weighted by molar-refractivity contribution is 0.0918. The Balaban J connectivity index is 1.55. The average Bonchev–Trinajstić information content (AvgIpc) is 3.26. The Hall–Kier alpha value is -2.44. The topological polar surface area (TPSA) is 69.3 Å². The molecule has 0 bridgehead atoms. The second-order valence-electron chi connectivity index (χ2n) is 5.45. The number of nitrogens with zero attached hydrogens (tertiary/aromatic N) is 2. The predicted molar refractivity (Wildman–Crippen MR) is 98.6 cm³/mol. The lowest BCUT2D eigenvalue weighted by Gasteiger charge is -2.07. The summed E-state index contributed by atoms with van der Waals surface area (Å²) in [5.41, 5.74) is 0.750. The summed E-state index contributed by atoms with van der Waals surface area (Å²) in [5, 5.41) is 8.06. The van der Waals surface area contributed by atoms with E-state index >= 15 is 0 Å². The van der Waals surface area contributed by atoms with E-state index in [9.17, 15) is 4.79 Å². The number of aryl methyl sites for hydroxylation is 1. The summed E-state index contributed by atoms with van der Waals surface area (Å²) in [6, 6.07) is 10.3. The highest BCUT2D eigenvalue weighted by Crippen LogP contribution is 2.18. The maximum absolute atomic E-state index is 12.2. The molecule has 26 heavy (non-hydrogen) atoms. The summed E-state index contributed by atoms with van der Waals surface area (Å²) in [6.45, 7) is 3.10. The fourth-order valence-electron chi connectivity index (χ4n) is 2.35. The fraction of sp³-hybridized carbons (Fsp3) is 0.222. The van der Waals surface area contributed by atoms with Gasteiger partial charge < -0.3 is 14.5 Å². The van der Waals surface area contributed by atoms with Crippen LogP contribution in [0.3, 0.4) is 0 Å². The highest BCUT2D eigenvalue weighted by molar-refractivity contribution is 6.31. The zero-order valence-corrected chi connectivity index (χ0v) is 15.5. The van der Waals surface area contributed by atoms with Crippen LogP contribution in [0.25, 0.3) is 0 Å². The number of amides is 1. The van der Waals surface area contributed by atoms with E-state index in [4.69, 9.17) is 32.4 Å². The molecule has 0 aliphatic carbocycles. The van der Waals surface area contributed by atoms with Crippen molar-refractivity contribution in [3.63, 3.8) is 0 Å². The summed E-state index contributed by atoms with van der Waals surface area (Å²) >= 11 is 11.9. The maximum atomic E-state index is 12.2. The van der Waals surface area contributed by atoms with Crippen LogP contribution in [0.2, 0.25) is 10.0 Å². The van der Waals surface area contributed by atoms with Crippen molar-refractivity contribution in [3.8, 4) is 5.75 Å². The molecule has 0 saturated carbocycles. The Morgan fingerprint density at radius 3 is 2.73 bits per heavy atom. The van der Waals surface area contributed by atoms with Crippen molar-refractivity contribution >= 4 is 29.1 Å². The summed E-state index contributed by atoms with van der Waals surface area (Å²) in [4.78, 5) is 12.2. The molecule has 0 saturated heterocycles. The normalized spacial score (nSPS) is 10.7. The number of ether oxygens (including phenoxy) is 1. The number of benzene rings is 1. The molecule has 2 heterocycles. The van der Waals surface area contributed by atoms with Crippen molar-refractivity contribution < 1.29 is 13.9 Å². The second-order valence-corrected chi connectivity index (χ2v) is 6.29. The van der Waals surface area contributed by atoms with E-state index in [1.807, 2.05) is 6.92 Å². The third-order valence-corrected chi connectivity index (χ3v) is 4.26. The van der Waals surface area contributed by atoms with E-state index in [0.717, 1.165) is 5.69 Å². The van der Waals surface area contributed by atoms with Gasteiger partial charge in [-0.15, -0.1) is 0 Å². The first kappa shape index (κ1) is 18.4. The van der Waals surface area contributed by atoms with E-state index in [1.165, 1.54) is 0 Å². The van der Waals surface area contributed by atoms with Gasteiger partial charge in [0.25, 0.3) is 5.91 Å². The molecule has 1 aromatic carbocycles. The van der Waals surface area contributed by atoms with Crippen molar-refractivity contribution in [2.75, 3.05) is 0 Å². The van der Waals surface area contributed by atoms with Crippen LogP contribution in [0.5, 0.6) is 5.75 Å². The molecule has 0 aliphatic rings. The minimum Gasteiger partial charge on any atom is -0.486 e. The van der Waals surface area contributed by atoms with Crippen LogP contribution in [-0.4, -0.2) is 15.7 Å². The molecule has 0 atom stereocenters. The molecule has 1 N–H and O–H groups in total. The zero-order valence-electron chi connectivity index (χ0n) is 14.0. The van der Waals surface area contributed by atoms with Gasteiger partial charge in [-0.25, -0.2) is 0 Å². The SMILES string of the molecule is CCn1ncc(Cl)c1CNC(=O)c1ccc(COc2ccc(Cl)cc2)o1. The number of hydrogen-bond acceptors (Lipinski definition) is 4. The van der Waals surface area contributed by atoms with Crippen LogP contribution in [0.1, 0.15) is 28.9 Å². The molecule has 0 fully saturated rings. The minimum atomic E-state index is -0.331. The number of carbonyl (C=O) groups excluding carboxylic acids is 1. The van der Waals surface area contributed by atoms with Crippen LogP contribution in [-0.2, 0) is 19.7 Å². The summed E-state index contributed by atoms with van der Waals surface area (Å²) in [5.74, 6) is 1.09. The minimum absolute atomic E-state index is 0.207. The van der Waals surface area contributed by atoms with Crippen LogP contribution in [0.4, 0.5) is 0 Å². The van der Waals surface area contributed by atoms with Crippen LogP contribution in [0, 0.1) is 0 Å². The van der Waals surface area contributed by atoms with Crippen molar-refractivity contribution in [2.45, 2.75) is 26.6 Å². The highest BCUT2D eigenvalue weighted by Gasteiger charge is 2.14. The van der Waals surface area contributed by atoms with Crippen molar-refractivity contribution in [1.29, 1.82) is 0 Å². The summed E-state index contributed by atoms with van der Waals surface area (Å²) < 4.78 is 12.9. The van der Waals surface area contributed by atoms with Crippen molar-refractivity contribution in [1.82, 2.24) is 15.1 Å². The van der Waals surface area contributed by atoms with E-state index in [0.29, 0.717) is 28.1 Å². The van der Waals surface area contributed by atoms with Gasteiger partial charge in [0.2, 0.25) is 0 Å². The molecular weight excluding hydrogens is 377 g/mol. The first-order valence-corrected chi connectivity index (χ1v) is 8.78. The van der Waals surface area contributed by atoms with Crippen molar-refractivity contribution in [2.24, 2.45) is 0 Å². The van der Waals surface area contributed by atoms with Crippen LogP contribution >= 0.6 is 23.2 Å². The van der Waals surface area contributed by atoms with Gasteiger partial charge in [-0.1, -0.05) is 23.2 Å². The van der Waals surface area contributed by atoms with Gasteiger partial charge >= 0.3 is 0 Å². The first-order chi connectivity index (χ1) is 12.6. The maximum Gasteiger partial charge on any atom is 0.287 e. The fourth-order valence-corrected chi connectivity index (χ4v) is 2.68. The van der Waals surface area contributed by atoms with Gasteiger partial charge in [-0.05, 0) is 43.3 Å². The Labute approximate surface area is 160 Å². The van der Waals surface area contributed by atoms with Gasteiger partial charge in [0.1, 0.15) is 18.1 Å². The molecule has 0 unspecified atom stereocenters. The molecule has 0 spiro atoms. The Morgan fingerprint density at radius 2 is 2.00 bits per heavy atom. The summed E-state index contributed by atoms with van der Waals surface area (Å²) in [6.07, 6.45) is 1.56. The number of aromatic nitrogens is 2. The number of hydrogen-bond donors (Lipinski definition) is 1. The lowest BCUT2D eigenvalue weighted by atomic mass is 10.3. The molecule has 3 rings (SSSR count). The smallest absolute Gasteiger partial charge is 0.287 e. The first-order valence-electron chi connectivity index (χ1n) is 8.02. The Bertz CT molecular complexity index is 887. The van der Waals surface area contributed by atoms with Gasteiger partial charge in [0.05, 0.1) is 23.5 Å². The number of carbonyl (C=O) groups is 1.